The number of phenolic OH excluding ortho intramolecular Hbond substituents is 2. The Kier molecular flexibility index (Phi) is 33.8. The van der Waals surface area contributed by atoms with Gasteiger partial charge in [-0.1, -0.05) is 108 Å². The van der Waals surface area contributed by atoms with Crippen LogP contribution in [0.2, 0.25) is 0 Å². The summed E-state index contributed by atoms with van der Waals surface area (Å²) < 4.78 is 0. The van der Waals surface area contributed by atoms with E-state index >= 15 is 0 Å². The molecule has 4 rings (SSSR count). The number of carbonyl (C=O) groups is 9. The predicted octanol–water partition coefficient (Wildman–Crippen LogP) is 3.05. The number of carbonyl (C=O) groups excluding carboxylic acids is 8. The second-order valence-corrected chi connectivity index (χ2v) is 24.6. The monoisotopic (exact) mass is 1320 g/mol. The first-order valence-corrected chi connectivity index (χ1v) is 32.9. The molecule has 0 saturated heterocycles. The average molecular weight is 1320 g/mol. The van der Waals surface area contributed by atoms with Crippen LogP contribution in [0.3, 0.4) is 0 Å². The van der Waals surface area contributed by atoms with Crippen LogP contribution >= 0.6 is 0 Å². The molecular weight excluding hydrogens is 1220 g/mol. The third-order valence-electron chi connectivity index (χ3n) is 16.4. The van der Waals surface area contributed by atoms with Crippen molar-refractivity contribution in [2.75, 3.05) is 25.0 Å². The molecule has 520 valence electrons. The van der Waals surface area contributed by atoms with Gasteiger partial charge in [0.05, 0.1) is 30.2 Å². The maximum absolute atomic E-state index is 15.0. The minimum Gasteiger partial charge on any atom is -0.508 e. The second kappa shape index (κ2) is 41.0. The molecule has 0 aliphatic rings. The summed E-state index contributed by atoms with van der Waals surface area (Å²) in [4.78, 5) is 128. The van der Waals surface area contributed by atoms with Crippen LogP contribution in [-0.2, 0) is 57.6 Å². The molecule has 0 spiro atoms. The number of aromatic hydroxyl groups is 2. The van der Waals surface area contributed by atoms with Crippen LogP contribution in [0.25, 0.3) is 0 Å². The number of Topliss-reactive ketones (excluding diaryl/α,β-unsaturated/α-hetero) is 2. The van der Waals surface area contributed by atoms with Crippen molar-refractivity contribution in [3.8, 4) is 11.5 Å². The summed E-state index contributed by atoms with van der Waals surface area (Å²) >= 11 is 0. The minimum absolute atomic E-state index is 0.0123. The first-order chi connectivity index (χ1) is 45.3. The van der Waals surface area contributed by atoms with Gasteiger partial charge in [0, 0.05) is 24.2 Å². The third kappa shape index (κ3) is 27.1. The molecule has 0 fully saturated rings. The number of nitrogens with two attached hydrogens (primary N) is 4. The Hall–Kier alpha value is -8.98. The van der Waals surface area contributed by atoms with Crippen LogP contribution in [0, 0.1) is 17.2 Å². The van der Waals surface area contributed by atoms with Gasteiger partial charge < -0.3 is 80.8 Å². The van der Waals surface area contributed by atoms with Crippen LogP contribution in [0.5, 0.6) is 11.5 Å². The highest BCUT2D eigenvalue weighted by Gasteiger charge is 2.37. The summed E-state index contributed by atoms with van der Waals surface area (Å²) in [5, 5.41) is 63.3. The average Bonchev–Trinajstić information content (AvgIpc) is 0.855. The highest BCUT2D eigenvalue weighted by atomic mass is 16.4. The van der Waals surface area contributed by atoms with E-state index in [1.54, 1.807) is 86.6 Å². The van der Waals surface area contributed by atoms with Gasteiger partial charge in [-0.05, 0) is 162 Å². The standard InChI is InChI=1S/C69H102N14O12/c1-7-42(5)59(67(93)82-58(68(94)95)37-41(3)4)83-66(92)57(40-46-28-32-48(85)33-29-46)77-51(8-2)61(87)53(23-14-16-34-70)78-64(90)54(24-15-17-35-71)79-62(88)43(6)76-52-22-13-12-21-49(52)60(86)56(39-44-19-10-9-11-20-44)81-65(91)55(25-18-36-75-69(73)74)80-63(89)50(72)38-45-26-30-47(84)31-27-45/h9-13,19-22,26-33,41-43,50-51,53-59,76-77,84-85H,7-8,14-18,23-25,34-40,70-72H2,1-6H3,(H,78,90)(H,79,88)(H,80,89)(H,81,91)(H,82,93)(H,83,92)(H,94,95)(H4,73,74,75)/t42?,43?,50?,51?,53?,54?,55-,56?,57?,58?,59?/m1/s1. The number of carboxylic acids is 1. The zero-order chi connectivity index (χ0) is 70.1. The van der Waals surface area contributed by atoms with E-state index in [1.807, 2.05) is 20.8 Å². The molecular formula is C69H102N14O12. The summed E-state index contributed by atoms with van der Waals surface area (Å²) in [6.45, 7) is 11.3. The molecule has 10 unspecified atom stereocenters. The van der Waals surface area contributed by atoms with Gasteiger partial charge in [0.2, 0.25) is 35.4 Å². The second-order valence-electron chi connectivity index (χ2n) is 24.6. The number of ketones is 2. The van der Waals surface area contributed by atoms with Gasteiger partial charge in [-0.2, -0.15) is 0 Å². The lowest BCUT2D eigenvalue weighted by molar-refractivity contribution is -0.143. The molecule has 4 aromatic carbocycles. The topological polar surface area (TPSA) is 451 Å². The maximum atomic E-state index is 15.0. The van der Waals surface area contributed by atoms with Crippen molar-refractivity contribution in [1.29, 1.82) is 5.41 Å². The van der Waals surface area contributed by atoms with Crippen LogP contribution in [0.1, 0.15) is 139 Å². The fourth-order valence-corrected chi connectivity index (χ4v) is 10.7. The number of benzene rings is 4. The lowest BCUT2D eigenvalue weighted by atomic mass is 9.94. The van der Waals surface area contributed by atoms with Gasteiger partial charge in [-0.3, -0.25) is 49.1 Å². The molecule has 0 aliphatic heterocycles. The summed E-state index contributed by atoms with van der Waals surface area (Å²) in [6, 6.07) is 16.0. The van der Waals surface area contributed by atoms with Gasteiger partial charge in [-0.15, -0.1) is 0 Å². The number of aliphatic carboxylic acids is 1. The summed E-state index contributed by atoms with van der Waals surface area (Å²) in [7, 11) is 0. The normalized spacial score (nSPS) is 14.7. The molecule has 21 N–H and O–H groups in total. The van der Waals surface area contributed by atoms with Crippen molar-refractivity contribution >= 4 is 64.6 Å². The number of carboxylic acid groups (broad SMARTS) is 1. The van der Waals surface area contributed by atoms with E-state index in [2.05, 4.69) is 47.9 Å². The lowest BCUT2D eigenvalue weighted by Crippen LogP contribution is -2.60. The number of para-hydroxylation sites is 1. The summed E-state index contributed by atoms with van der Waals surface area (Å²) in [6.07, 6.45) is 3.17. The molecule has 26 nitrogen and oxygen atoms in total. The Morgan fingerprint density at radius 1 is 0.505 bits per heavy atom. The van der Waals surface area contributed by atoms with E-state index in [4.69, 9.17) is 28.3 Å². The van der Waals surface area contributed by atoms with Crippen molar-refractivity contribution in [3.05, 3.63) is 125 Å². The number of nitrogens with one attached hydrogen (secondary N) is 10. The molecule has 0 radical (unpaired) electrons. The quantitative estimate of drug-likeness (QED) is 0.0131. The Morgan fingerprint density at radius 3 is 1.54 bits per heavy atom. The van der Waals surface area contributed by atoms with Gasteiger partial charge in [0.1, 0.15) is 41.7 Å². The van der Waals surface area contributed by atoms with E-state index < -0.39 is 119 Å². The Bertz CT molecular complexity index is 3120. The highest BCUT2D eigenvalue weighted by Crippen LogP contribution is 2.22. The molecule has 0 heterocycles. The number of guanidine groups is 1. The number of hydrogen-bond acceptors (Lipinski definition) is 17. The summed E-state index contributed by atoms with van der Waals surface area (Å²) in [5.74, 6) is -7.07. The van der Waals surface area contributed by atoms with Crippen LogP contribution in [0.15, 0.2) is 103 Å². The van der Waals surface area contributed by atoms with Gasteiger partial charge >= 0.3 is 5.97 Å². The van der Waals surface area contributed by atoms with Crippen LogP contribution in [0.4, 0.5) is 5.69 Å². The SMILES string of the molecule is CCC(NC(Cc1ccc(O)cc1)C(=O)NC(C(=O)NC(CC(C)C)C(=O)O)C(C)CC)C(=O)C(CCCCN)NC(=O)C(CCCCN)NC(=O)C(C)Nc1ccccc1C(=O)C(Cc1ccccc1)NC(=O)[C@@H](CCCNC(=N)N)NC(=O)C(N)Cc1ccc(O)cc1. The van der Waals surface area contributed by atoms with Crippen molar-refractivity contribution in [2.24, 2.45) is 34.8 Å². The van der Waals surface area contributed by atoms with Crippen molar-refractivity contribution < 1.29 is 58.5 Å². The lowest BCUT2D eigenvalue weighted by Gasteiger charge is -2.31. The first-order valence-electron chi connectivity index (χ1n) is 32.9. The molecule has 11 atom stereocenters. The van der Waals surface area contributed by atoms with E-state index in [9.17, 15) is 58.5 Å². The molecule has 6 amide bonds. The fraction of sp³-hybridized carbons (Fsp3) is 0.507. The van der Waals surface area contributed by atoms with Crippen molar-refractivity contribution in [1.82, 2.24) is 42.5 Å². The Morgan fingerprint density at radius 2 is 0.989 bits per heavy atom. The Balaban J connectivity index is 1.61. The van der Waals surface area contributed by atoms with E-state index in [1.165, 1.54) is 37.3 Å². The molecule has 0 aliphatic carbocycles. The molecule has 95 heavy (non-hydrogen) atoms. The van der Waals surface area contributed by atoms with E-state index in [0.29, 0.717) is 48.8 Å². The van der Waals surface area contributed by atoms with E-state index in [-0.39, 0.29) is 112 Å². The fourth-order valence-electron chi connectivity index (χ4n) is 10.7. The molecule has 4 aromatic rings. The number of amides is 6. The zero-order valence-corrected chi connectivity index (χ0v) is 55.6. The minimum atomic E-state index is -1.23. The van der Waals surface area contributed by atoms with Crippen LogP contribution < -0.4 is 70.8 Å². The van der Waals surface area contributed by atoms with Crippen molar-refractivity contribution in [3.63, 3.8) is 0 Å². The van der Waals surface area contributed by atoms with Gasteiger partial charge in [0.15, 0.2) is 17.5 Å². The number of phenols is 2. The first kappa shape index (κ1) is 78.5. The predicted molar refractivity (Wildman–Crippen MR) is 365 cm³/mol. The summed E-state index contributed by atoms with van der Waals surface area (Å²) in [5.41, 5.74) is 25.9. The largest absolute Gasteiger partial charge is 0.508 e. The van der Waals surface area contributed by atoms with Gasteiger partial charge in [0.25, 0.3) is 0 Å². The molecule has 0 saturated carbocycles. The number of anilines is 1. The highest BCUT2D eigenvalue weighted by molar-refractivity contribution is 6.07. The Labute approximate surface area is 557 Å². The molecule has 0 aromatic heterocycles. The molecule has 26 heteroatoms. The number of hydrogen-bond donors (Lipinski definition) is 17. The van der Waals surface area contributed by atoms with Crippen molar-refractivity contribution in [2.45, 2.75) is 192 Å². The third-order valence-corrected chi connectivity index (χ3v) is 16.4. The number of unbranched alkanes of at least 4 members (excludes halogenated alkanes) is 2. The van der Waals surface area contributed by atoms with E-state index in [0.717, 1.165) is 0 Å². The molecule has 0 bridgehead atoms. The van der Waals surface area contributed by atoms with Gasteiger partial charge in [-0.25, -0.2) is 4.79 Å². The number of rotatable bonds is 44. The maximum Gasteiger partial charge on any atom is 0.326 e. The zero-order valence-electron chi connectivity index (χ0n) is 55.6. The van der Waals surface area contributed by atoms with Crippen LogP contribution in [-0.4, -0.2) is 154 Å². The smallest absolute Gasteiger partial charge is 0.326 e.